The minimum absolute atomic E-state index is 0.132. The number of aryl methyl sites for hydroxylation is 1. The highest BCUT2D eigenvalue weighted by molar-refractivity contribution is 7.81. The zero-order valence-electron chi connectivity index (χ0n) is 10.6. The van der Waals surface area contributed by atoms with Crippen molar-refractivity contribution in [3.8, 4) is 0 Å². The summed E-state index contributed by atoms with van der Waals surface area (Å²) in [6.07, 6.45) is -5.19. The van der Waals surface area contributed by atoms with Gasteiger partial charge in [-0.1, -0.05) is 24.4 Å². The van der Waals surface area contributed by atoms with E-state index in [0.29, 0.717) is 20.7 Å². The van der Waals surface area contributed by atoms with Gasteiger partial charge in [0, 0.05) is 12.8 Å². The molecule has 0 fully saturated rings. The average molecular weight is 329 g/mol. The van der Waals surface area contributed by atoms with Crippen LogP contribution in [0.5, 0.6) is 0 Å². The molecule has 0 atom stereocenters. The van der Waals surface area contributed by atoms with Crippen molar-refractivity contribution in [1.82, 2.24) is 4.98 Å². The van der Waals surface area contributed by atoms with Gasteiger partial charge in [0.05, 0.1) is 16.4 Å². The molecule has 2 heterocycles. The number of para-hydroxylation sites is 2. The van der Waals surface area contributed by atoms with E-state index in [1.54, 1.807) is 0 Å². The van der Waals surface area contributed by atoms with Gasteiger partial charge in [-0.2, -0.15) is 13.2 Å². The molecule has 2 aromatic rings. The van der Waals surface area contributed by atoms with Crippen LogP contribution in [0.1, 0.15) is 17.1 Å². The summed E-state index contributed by atoms with van der Waals surface area (Å²) in [4.78, 5) is 4.64. The van der Waals surface area contributed by atoms with Gasteiger partial charge < -0.3 is 10.6 Å². The maximum Gasteiger partial charge on any atom is 0.389 e. The van der Waals surface area contributed by atoms with E-state index in [4.69, 9.17) is 12.2 Å². The lowest BCUT2D eigenvalue weighted by molar-refractivity contribution is -0.133. The molecule has 2 N–H and O–H groups in total. The minimum Gasteiger partial charge on any atom is -0.344 e. The van der Waals surface area contributed by atoms with E-state index in [-0.39, 0.29) is 6.42 Å². The fourth-order valence-corrected chi connectivity index (χ4v) is 3.27. The molecule has 1 aromatic carbocycles. The summed E-state index contributed by atoms with van der Waals surface area (Å²) >= 11 is 6.47. The highest BCUT2D eigenvalue weighted by Crippen LogP contribution is 2.36. The average Bonchev–Trinajstić information content (AvgIpc) is 2.76. The third kappa shape index (κ3) is 3.16. The quantitative estimate of drug-likeness (QED) is 0.797. The Morgan fingerprint density at radius 3 is 2.48 bits per heavy atom. The fraction of sp³-hybridized carbons (Fsp3) is 0.231. The Morgan fingerprint density at radius 1 is 1.14 bits per heavy atom. The molecular weight excluding hydrogens is 319 g/mol. The van der Waals surface area contributed by atoms with Crippen molar-refractivity contribution in [3.63, 3.8) is 0 Å². The van der Waals surface area contributed by atoms with Crippen LogP contribution in [0, 0.1) is 0 Å². The second kappa shape index (κ2) is 5.27. The van der Waals surface area contributed by atoms with E-state index >= 15 is 0 Å². The fourth-order valence-electron chi connectivity index (χ4n) is 1.96. The number of alkyl halides is 3. The van der Waals surface area contributed by atoms with E-state index in [0.717, 1.165) is 11.4 Å². The summed E-state index contributed by atoms with van der Waals surface area (Å²) in [5, 5.41) is 7.33. The molecule has 3 nitrogen and oxygen atoms in total. The van der Waals surface area contributed by atoms with E-state index < -0.39 is 12.6 Å². The first-order chi connectivity index (χ1) is 9.92. The number of nitrogens with zero attached hydrogens (tertiary/aromatic N) is 1. The zero-order valence-corrected chi connectivity index (χ0v) is 12.3. The molecule has 1 aliphatic heterocycles. The van der Waals surface area contributed by atoms with Gasteiger partial charge in [0.2, 0.25) is 0 Å². The van der Waals surface area contributed by atoms with Crippen molar-refractivity contribution in [2.45, 2.75) is 19.0 Å². The monoisotopic (exact) mass is 329 g/mol. The number of hydrogen-bond acceptors (Lipinski definition) is 4. The molecule has 0 bridgehead atoms. The summed E-state index contributed by atoms with van der Waals surface area (Å²) in [6.45, 7) is 0. The Labute approximate surface area is 128 Å². The van der Waals surface area contributed by atoms with E-state index in [9.17, 15) is 13.2 Å². The predicted molar refractivity (Wildman–Crippen MR) is 81.5 cm³/mol. The Kier molecular flexibility index (Phi) is 3.58. The number of anilines is 3. The summed E-state index contributed by atoms with van der Waals surface area (Å²) < 4.78 is 36.9. The second-order valence-corrected chi connectivity index (χ2v) is 6.02. The Hall–Kier alpha value is -1.67. The smallest absolute Gasteiger partial charge is 0.344 e. The SMILES string of the molecule is FC(F)(F)CCc1nc2c(s1)Nc1ccccc1NC2=S. The van der Waals surface area contributed by atoms with Crippen LogP contribution in [-0.4, -0.2) is 16.1 Å². The second-order valence-electron chi connectivity index (χ2n) is 4.53. The van der Waals surface area contributed by atoms with E-state index in [2.05, 4.69) is 15.6 Å². The van der Waals surface area contributed by atoms with Crippen LogP contribution in [-0.2, 0) is 6.42 Å². The molecule has 0 radical (unpaired) electrons. The standard InChI is InChI=1S/C13H10F3N3S2/c14-13(15,16)6-5-9-19-10-11(20)17-7-3-1-2-4-8(7)18-12(10)21-9/h1-4,18H,5-6H2,(H,17,20). The van der Waals surface area contributed by atoms with E-state index in [1.165, 1.54) is 11.3 Å². The third-order valence-corrected chi connectivity index (χ3v) is 4.26. The van der Waals surface area contributed by atoms with Crippen molar-refractivity contribution in [2.24, 2.45) is 0 Å². The van der Waals surface area contributed by atoms with Crippen molar-refractivity contribution in [3.05, 3.63) is 35.0 Å². The maximum atomic E-state index is 12.3. The van der Waals surface area contributed by atoms with Crippen molar-refractivity contribution in [1.29, 1.82) is 0 Å². The van der Waals surface area contributed by atoms with Gasteiger partial charge in [0.1, 0.15) is 15.7 Å². The molecule has 0 aliphatic carbocycles. The first-order valence-electron chi connectivity index (χ1n) is 6.16. The van der Waals surface area contributed by atoms with Gasteiger partial charge in [-0.3, -0.25) is 0 Å². The van der Waals surface area contributed by atoms with Gasteiger partial charge in [-0.25, -0.2) is 4.98 Å². The molecule has 0 saturated heterocycles. The van der Waals surface area contributed by atoms with Gasteiger partial charge in [-0.05, 0) is 12.1 Å². The Morgan fingerprint density at radius 2 is 1.81 bits per heavy atom. The molecule has 3 rings (SSSR count). The Bertz CT molecular complexity index is 694. The molecule has 1 aliphatic rings. The van der Waals surface area contributed by atoms with Crippen LogP contribution in [0.2, 0.25) is 0 Å². The van der Waals surface area contributed by atoms with Crippen molar-refractivity contribution >= 4 is 44.9 Å². The van der Waals surface area contributed by atoms with Crippen molar-refractivity contribution < 1.29 is 13.2 Å². The molecule has 8 heteroatoms. The summed E-state index contributed by atoms with van der Waals surface area (Å²) in [5.74, 6) is 0. The lowest BCUT2D eigenvalue weighted by Crippen LogP contribution is -2.11. The molecule has 0 amide bonds. The number of aromatic nitrogens is 1. The number of rotatable bonds is 2. The number of thiocarbonyl (C=S) groups is 1. The first-order valence-corrected chi connectivity index (χ1v) is 7.39. The Balaban J connectivity index is 1.88. The predicted octanol–water partition coefficient (Wildman–Crippen LogP) is 4.48. The normalized spacial score (nSPS) is 13.8. The van der Waals surface area contributed by atoms with Crippen LogP contribution in [0.3, 0.4) is 0 Å². The molecule has 1 aromatic heterocycles. The number of halogens is 3. The maximum absolute atomic E-state index is 12.3. The lowest BCUT2D eigenvalue weighted by Gasteiger charge is -2.07. The largest absolute Gasteiger partial charge is 0.389 e. The number of nitrogens with one attached hydrogen (secondary N) is 2. The first kappa shape index (κ1) is 14.3. The number of thiazole rings is 1. The summed E-state index contributed by atoms with van der Waals surface area (Å²) in [5.41, 5.74) is 2.15. The minimum atomic E-state index is -4.18. The van der Waals surface area contributed by atoms with Crippen molar-refractivity contribution in [2.75, 3.05) is 10.6 Å². The topological polar surface area (TPSA) is 37.0 Å². The number of benzene rings is 1. The molecule has 0 saturated carbocycles. The van der Waals surface area contributed by atoms with Crippen LogP contribution < -0.4 is 10.6 Å². The zero-order chi connectivity index (χ0) is 15.0. The molecule has 0 unspecified atom stereocenters. The van der Waals surface area contributed by atoms with Crippen LogP contribution in [0.15, 0.2) is 24.3 Å². The molecule has 21 heavy (non-hydrogen) atoms. The third-order valence-electron chi connectivity index (χ3n) is 2.93. The molecular formula is C13H10F3N3S2. The summed E-state index contributed by atoms with van der Waals surface area (Å²) in [7, 11) is 0. The molecule has 0 spiro atoms. The van der Waals surface area contributed by atoms with Gasteiger partial charge in [0.25, 0.3) is 0 Å². The number of fused-ring (bicyclic) bond motifs is 2. The van der Waals surface area contributed by atoms with E-state index in [1.807, 2.05) is 24.3 Å². The number of hydrogen-bond donors (Lipinski definition) is 2. The lowest BCUT2D eigenvalue weighted by atomic mass is 10.2. The van der Waals surface area contributed by atoms with Gasteiger partial charge in [-0.15, -0.1) is 11.3 Å². The van der Waals surface area contributed by atoms with Crippen LogP contribution in [0.25, 0.3) is 0 Å². The highest BCUT2D eigenvalue weighted by Gasteiger charge is 2.28. The summed E-state index contributed by atoms with van der Waals surface area (Å²) in [6, 6.07) is 7.48. The van der Waals surface area contributed by atoms with Gasteiger partial charge >= 0.3 is 6.18 Å². The van der Waals surface area contributed by atoms with Crippen LogP contribution >= 0.6 is 23.6 Å². The molecule has 110 valence electrons. The van der Waals surface area contributed by atoms with Gasteiger partial charge in [0.15, 0.2) is 0 Å². The highest BCUT2D eigenvalue weighted by atomic mass is 32.1. The van der Waals surface area contributed by atoms with Crippen LogP contribution in [0.4, 0.5) is 29.5 Å².